The van der Waals surface area contributed by atoms with E-state index in [9.17, 15) is 5.11 Å². The maximum Gasteiger partial charge on any atom is 0.330 e. The average molecular weight is 1300 g/mol. The van der Waals surface area contributed by atoms with E-state index in [4.69, 9.17) is 28.4 Å². The number of benzene rings is 7. The van der Waals surface area contributed by atoms with Crippen molar-refractivity contribution < 1.29 is 33.5 Å². The third-order valence-electron chi connectivity index (χ3n) is 16.9. The molecule has 0 aliphatic carbocycles. The fourth-order valence-corrected chi connectivity index (χ4v) is 10.5. The maximum absolute atomic E-state index is 10.5. The highest BCUT2D eigenvalue weighted by molar-refractivity contribution is 5.51. The number of ether oxygens (including phenoxy) is 6. The van der Waals surface area contributed by atoms with Crippen molar-refractivity contribution in [3.05, 3.63) is 190 Å². The van der Waals surface area contributed by atoms with Crippen LogP contribution in [0.4, 0.5) is 0 Å². The molecular weight excluding hydrogens is 1200 g/mol. The molecule has 1 N–H and O–H groups in total. The standard InChI is InChI=1S/C80H97N9O7/c1-73(2,3)49-37-50(74(4,5)6)42-63(41-49)93-69-83-84-70(94-64-43-51(75(7,8)9)38-52(44-64)76(10,11)12)88(69)58-27-33-61(34-28-58)91-67-81-82-68(87(67)57-25-31-60(90)32-26-57)92-62-35-29-59(30-36-62)89-71(95-65-45-53(77(13,14)15)39-54(46-65)78(16,17)18)85-86-72(89)96-66-47-55(79(19,20)21)40-56(48-66)80(22,23)24/h25-48,90H,1-24H3. The Kier molecular flexibility index (Phi) is 18.3. The highest BCUT2D eigenvalue weighted by Crippen LogP contribution is 2.43. The van der Waals surface area contributed by atoms with Crippen LogP contribution in [0.25, 0.3) is 17.1 Å². The second kappa shape index (κ2) is 25.3. The van der Waals surface area contributed by atoms with Gasteiger partial charge in [0.15, 0.2) is 0 Å². The van der Waals surface area contributed by atoms with E-state index in [1.54, 1.807) is 38.0 Å². The maximum atomic E-state index is 10.5. The lowest BCUT2D eigenvalue weighted by atomic mass is 9.80. The van der Waals surface area contributed by atoms with Crippen molar-refractivity contribution in [3.8, 4) is 93.4 Å². The molecule has 0 saturated carbocycles. The average Bonchev–Trinajstić information content (AvgIpc) is 1.42. The van der Waals surface area contributed by atoms with Gasteiger partial charge in [-0.2, -0.15) is 0 Å². The van der Waals surface area contributed by atoms with Crippen molar-refractivity contribution in [2.75, 3.05) is 0 Å². The second-order valence-corrected chi connectivity index (χ2v) is 33.4. The van der Waals surface area contributed by atoms with Crippen LogP contribution in [0.2, 0.25) is 0 Å². The zero-order valence-electron chi connectivity index (χ0n) is 60.8. The Morgan fingerprint density at radius 1 is 0.219 bits per heavy atom. The highest BCUT2D eigenvalue weighted by atomic mass is 16.5. The van der Waals surface area contributed by atoms with Gasteiger partial charge in [0, 0.05) is 0 Å². The van der Waals surface area contributed by atoms with Gasteiger partial charge >= 0.3 is 36.1 Å². The Balaban J connectivity index is 1.00. The minimum Gasteiger partial charge on any atom is -0.508 e. The molecule has 0 amide bonds. The van der Waals surface area contributed by atoms with Crippen molar-refractivity contribution >= 4 is 0 Å². The predicted octanol–water partition coefficient (Wildman–Crippen LogP) is 21.3. The van der Waals surface area contributed by atoms with Crippen LogP contribution in [0.3, 0.4) is 0 Å². The highest BCUT2D eigenvalue weighted by Gasteiger charge is 2.30. The molecule has 0 aliphatic rings. The van der Waals surface area contributed by atoms with Crippen molar-refractivity contribution in [2.45, 2.75) is 209 Å². The lowest BCUT2D eigenvalue weighted by molar-refractivity contribution is 0.400. The van der Waals surface area contributed by atoms with Crippen molar-refractivity contribution in [2.24, 2.45) is 0 Å². The second-order valence-electron chi connectivity index (χ2n) is 33.4. The lowest BCUT2D eigenvalue weighted by Crippen LogP contribution is -2.16. The van der Waals surface area contributed by atoms with Crippen LogP contribution in [0, 0.1) is 0 Å². The third kappa shape index (κ3) is 16.1. The number of rotatable bonds is 15. The monoisotopic (exact) mass is 1300 g/mol. The molecule has 0 radical (unpaired) electrons. The summed E-state index contributed by atoms with van der Waals surface area (Å²) in [5, 5.41) is 38.1. The van der Waals surface area contributed by atoms with Crippen LogP contribution in [-0.2, 0) is 43.3 Å². The lowest BCUT2D eigenvalue weighted by Gasteiger charge is -2.26. The third-order valence-corrected chi connectivity index (χ3v) is 16.9. The number of aromatic nitrogens is 9. The van der Waals surface area contributed by atoms with Gasteiger partial charge in [0.05, 0.1) is 17.1 Å². The normalized spacial score (nSPS) is 12.8. The molecule has 0 aliphatic heterocycles. The largest absolute Gasteiger partial charge is 0.508 e. The number of phenolic OH excluding ortho intramolecular Hbond substituents is 1. The molecule has 96 heavy (non-hydrogen) atoms. The summed E-state index contributed by atoms with van der Waals surface area (Å²) in [6, 6.07) is 47.8. The van der Waals surface area contributed by atoms with Gasteiger partial charge in [-0.3, -0.25) is 0 Å². The van der Waals surface area contributed by atoms with E-state index in [2.05, 4.69) is 270 Å². The number of hydrogen-bond donors (Lipinski definition) is 1. The van der Waals surface area contributed by atoms with Crippen molar-refractivity contribution in [1.29, 1.82) is 0 Å². The Morgan fingerprint density at radius 3 is 0.542 bits per heavy atom. The van der Waals surface area contributed by atoms with Crippen molar-refractivity contribution in [1.82, 2.24) is 44.3 Å². The summed E-state index contributed by atoms with van der Waals surface area (Å²) >= 11 is 0. The van der Waals surface area contributed by atoms with Gasteiger partial charge in [-0.05, 0) is 209 Å². The van der Waals surface area contributed by atoms with Crippen LogP contribution in [0.15, 0.2) is 146 Å². The fourth-order valence-electron chi connectivity index (χ4n) is 10.5. The fraction of sp³-hybridized carbons (Fsp3) is 0.400. The minimum absolute atomic E-state index is 0.0746. The number of aromatic hydroxyl groups is 1. The van der Waals surface area contributed by atoms with E-state index in [0.29, 0.717) is 51.6 Å². The zero-order valence-corrected chi connectivity index (χ0v) is 60.8. The summed E-state index contributed by atoms with van der Waals surface area (Å²) in [4.78, 5) is 0. The molecule has 10 aromatic rings. The van der Waals surface area contributed by atoms with Gasteiger partial charge in [-0.25, -0.2) is 13.7 Å². The van der Waals surface area contributed by atoms with Crippen LogP contribution in [-0.4, -0.2) is 49.4 Å². The Labute approximate surface area is 568 Å². The first-order valence-electron chi connectivity index (χ1n) is 33.0. The smallest absolute Gasteiger partial charge is 0.330 e. The summed E-state index contributed by atoms with van der Waals surface area (Å²) in [5.41, 5.74) is 9.51. The quantitative estimate of drug-likeness (QED) is 0.103. The zero-order chi connectivity index (χ0) is 70.0. The molecule has 0 unspecified atom stereocenters. The summed E-state index contributed by atoms with van der Waals surface area (Å²) < 4.78 is 45.6. The molecule has 3 heterocycles. The Bertz CT molecular complexity index is 3850. The van der Waals surface area contributed by atoms with Gasteiger partial charge in [0.25, 0.3) is 0 Å². The summed E-state index contributed by atoms with van der Waals surface area (Å²) in [7, 11) is 0. The first kappa shape index (κ1) is 69.4. The molecule has 504 valence electrons. The minimum atomic E-state index is -0.164. The molecule has 0 spiro atoms. The molecule has 0 bridgehead atoms. The van der Waals surface area contributed by atoms with Crippen molar-refractivity contribution in [3.63, 3.8) is 0 Å². The Morgan fingerprint density at radius 2 is 0.375 bits per heavy atom. The first-order valence-corrected chi connectivity index (χ1v) is 33.0. The molecule has 0 fully saturated rings. The van der Waals surface area contributed by atoms with Gasteiger partial charge < -0.3 is 33.5 Å². The molecule has 3 aromatic heterocycles. The molecular formula is C80H97N9O7. The molecule has 0 atom stereocenters. The summed E-state index contributed by atoms with van der Waals surface area (Å²) in [6.45, 7) is 52.6. The van der Waals surface area contributed by atoms with Gasteiger partial charge in [-0.15, -0.1) is 0 Å². The van der Waals surface area contributed by atoms with E-state index in [-0.39, 0.29) is 85.1 Å². The number of phenols is 1. The molecule has 16 nitrogen and oxygen atoms in total. The van der Waals surface area contributed by atoms with Crippen LogP contribution < -0.4 is 28.4 Å². The molecule has 16 heteroatoms. The van der Waals surface area contributed by atoms with E-state index in [1.807, 2.05) is 48.5 Å². The molecule has 0 saturated heterocycles. The number of nitrogens with zero attached hydrogens (tertiary/aromatic N) is 9. The van der Waals surface area contributed by atoms with Gasteiger partial charge in [0.1, 0.15) is 40.2 Å². The van der Waals surface area contributed by atoms with Gasteiger partial charge in [0.2, 0.25) is 0 Å². The molecule has 7 aromatic carbocycles. The number of hydrogen-bond acceptors (Lipinski definition) is 13. The van der Waals surface area contributed by atoms with Crippen LogP contribution in [0.1, 0.15) is 211 Å². The Hall–Kier alpha value is -9.44. The van der Waals surface area contributed by atoms with Crippen LogP contribution >= 0.6 is 0 Å². The summed E-state index contributed by atoms with van der Waals surface area (Å²) in [6.07, 6.45) is 0. The molecule has 10 rings (SSSR count). The topological polar surface area (TPSA) is 168 Å². The van der Waals surface area contributed by atoms with E-state index < -0.39 is 0 Å². The summed E-state index contributed by atoms with van der Waals surface area (Å²) in [5.74, 6) is 3.40. The van der Waals surface area contributed by atoms with E-state index >= 15 is 0 Å². The first-order chi connectivity index (χ1) is 44.4. The predicted molar refractivity (Wildman–Crippen MR) is 382 cm³/mol. The SMILES string of the molecule is CC(C)(C)c1cc(Oc2nnc(Oc3cc(C(C)(C)C)cc(C(C)(C)C)c3)n2-c2ccc(Oc3nnc(Oc4ccc(-n5c(Oc6cc(C(C)(C)C)cc(C(C)(C)C)c6)nnc5Oc5cc(C(C)(C)C)cc(C(C)(C)C)c5)cc4)n3-c3ccc(O)cc3)cc2)cc(C(C)(C)C)c1. The van der Waals surface area contributed by atoms with Crippen LogP contribution in [0.5, 0.6) is 76.3 Å². The van der Waals surface area contributed by atoms with E-state index in [1.165, 1.54) is 0 Å². The van der Waals surface area contributed by atoms with E-state index in [0.717, 1.165) is 44.5 Å². The van der Waals surface area contributed by atoms with Gasteiger partial charge in [-0.1, -0.05) is 221 Å².